The molecule has 1 heterocycles. The molecule has 4 aromatic rings. The molecule has 30 heavy (non-hydrogen) atoms. The highest BCUT2D eigenvalue weighted by atomic mass is 16.5. The summed E-state index contributed by atoms with van der Waals surface area (Å²) in [5.74, 6) is 0.936. The van der Waals surface area contributed by atoms with Crippen molar-refractivity contribution >= 4 is 21.7 Å². The molecule has 0 aliphatic carbocycles. The van der Waals surface area contributed by atoms with Crippen molar-refractivity contribution in [2.75, 3.05) is 13.7 Å². The zero-order chi connectivity index (χ0) is 20.9. The molecule has 0 spiro atoms. The van der Waals surface area contributed by atoms with Crippen LogP contribution in [0.3, 0.4) is 0 Å². The molecular formula is C27H32N2O. The number of H-pyrrole nitrogens is 1. The van der Waals surface area contributed by atoms with Gasteiger partial charge in [0.05, 0.1) is 12.8 Å². The lowest BCUT2D eigenvalue weighted by Crippen LogP contribution is -1.99. The van der Waals surface area contributed by atoms with E-state index in [2.05, 4.69) is 66.5 Å². The molecule has 1 aromatic heterocycles. The fourth-order valence-electron chi connectivity index (χ4n) is 4.43. The minimum Gasteiger partial charge on any atom is -0.495 e. The molecular weight excluding hydrogens is 368 g/mol. The highest BCUT2D eigenvalue weighted by Crippen LogP contribution is 2.40. The third-order valence-corrected chi connectivity index (χ3v) is 6.02. The topological polar surface area (TPSA) is 51.0 Å². The van der Waals surface area contributed by atoms with Crippen LogP contribution in [0.25, 0.3) is 32.9 Å². The first-order valence-corrected chi connectivity index (χ1v) is 11.2. The zero-order valence-electron chi connectivity index (χ0n) is 18.1. The Bertz CT molecular complexity index is 1140. The van der Waals surface area contributed by atoms with Crippen LogP contribution < -0.4 is 10.5 Å². The number of nitrogens with two attached hydrogens (primary N) is 1. The maximum atomic E-state index is 5.93. The third kappa shape index (κ3) is 3.95. The van der Waals surface area contributed by atoms with Crippen molar-refractivity contribution < 1.29 is 4.74 Å². The highest BCUT2D eigenvalue weighted by molar-refractivity contribution is 5.98. The van der Waals surface area contributed by atoms with Gasteiger partial charge in [-0.2, -0.15) is 0 Å². The van der Waals surface area contributed by atoms with Crippen molar-refractivity contribution in [2.24, 2.45) is 5.73 Å². The SMILES string of the molecule is CCCCc1ccc2[nH]c(-c3ccc4ccccc4c3OC)c(CCCCN)c2c1. The summed E-state index contributed by atoms with van der Waals surface area (Å²) >= 11 is 0. The van der Waals surface area contributed by atoms with Gasteiger partial charge in [-0.25, -0.2) is 0 Å². The quantitative estimate of drug-likeness (QED) is 0.310. The first-order valence-electron chi connectivity index (χ1n) is 11.2. The number of unbranched alkanes of at least 4 members (excludes halogenated alkanes) is 2. The molecule has 0 radical (unpaired) electrons. The third-order valence-electron chi connectivity index (χ3n) is 6.02. The van der Waals surface area contributed by atoms with Crippen LogP contribution in [0.5, 0.6) is 5.75 Å². The number of hydrogen-bond acceptors (Lipinski definition) is 2. The normalized spacial score (nSPS) is 11.4. The van der Waals surface area contributed by atoms with Gasteiger partial charge in [-0.05, 0) is 73.4 Å². The van der Waals surface area contributed by atoms with Gasteiger partial charge in [0.25, 0.3) is 0 Å². The van der Waals surface area contributed by atoms with Gasteiger partial charge in [-0.15, -0.1) is 0 Å². The van der Waals surface area contributed by atoms with Crippen molar-refractivity contribution in [3.8, 4) is 17.0 Å². The lowest BCUT2D eigenvalue weighted by Gasteiger charge is -2.13. The molecule has 0 unspecified atom stereocenters. The Morgan fingerprint density at radius 1 is 0.900 bits per heavy atom. The second kappa shape index (κ2) is 9.36. The molecule has 3 N–H and O–H groups in total. The van der Waals surface area contributed by atoms with Crippen LogP contribution in [0, 0.1) is 0 Å². The number of aromatic amines is 1. The number of ether oxygens (including phenoxy) is 1. The number of methoxy groups -OCH3 is 1. The van der Waals surface area contributed by atoms with E-state index in [9.17, 15) is 0 Å². The molecule has 0 saturated carbocycles. The largest absolute Gasteiger partial charge is 0.495 e. The van der Waals surface area contributed by atoms with Crippen LogP contribution in [0.15, 0.2) is 54.6 Å². The van der Waals surface area contributed by atoms with E-state index in [1.165, 1.54) is 46.0 Å². The highest BCUT2D eigenvalue weighted by Gasteiger charge is 2.18. The monoisotopic (exact) mass is 400 g/mol. The van der Waals surface area contributed by atoms with Crippen molar-refractivity contribution in [1.82, 2.24) is 4.98 Å². The van der Waals surface area contributed by atoms with Crippen molar-refractivity contribution in [3.05, 3.63) is 65.7 Å². The molecule has 3 heteroatoms. The molecule has 0 bridgehead atoms. The van der Waals surface area contributed by atoms with Gasteiger partial charge in [0.15, 0.2) is 0 Å². The standard InChI is InChI=1S/C27H32N2O/c1-3-4-9-19-13-16-25-24(18-19)22(12-7-8-17-28)26(29-25)23-15-14-20-10-5-6-11-21(20)27(23)30-2/h5-6,10-11,13-16,18,29H,3-4,7-9,12,17,28H2,1-2H3. The summed E-state index contributed by atoms with van der Waals surface area (Å²) in [6.45, 7) is 2.98. The average Bonchev–Trinajstić information content (AvgIpc) is 3.14. The Morgan fingerprint density at radius 3 is 2.57 bits per heavy atom. The van der Waals surface area contributed by atoms with E-state index in [1.54, 1.807) is 7.11 Å². The molecule has 4 rings (SSSR count). The van der Waals surface area contributed by atoms with Gasteiger partial charge >= 0.3 is 0 Å². The number of rotatable bonds is 9. The smallest absolute Gasteiger partial charge is 0.136 e. The summed E-state index contributed by atoms with van der Waals surface area (Å²) in [5, 5.41) is 3.68. The number of fused-ring (bicyclic) bond motifs is 2. The van der Waals surface area contributed by atoms with E-state index in [0.29, 0.717) is 0 Å². The predicted molar refractivity (Wildman–Crippen MR) is 128 cm³/mol. The van der Waals surface area contributed by atoms with Crippen LogP contribution in [0.1, 0.15) is 43.7 Å². The minimum absolute atomic E-state index is 0.735. The predicted octanol–water partition coefficient (Wildman–Crippen LogP) is 6.62. The first-order chi connectivity index (χ1) is 14.8. The lowest BCUT2D eigenvalue weighted by molar-refractivity contribution is 0.421. The van der Waals surface area contributed by atoms with Crippen molar-refractivity contribution in [1.29, 1.82) is 0 Å². The molecule has 156 valence electrons. The van der Waals surface area contributed by atoms with E-state index >= 15 is 0 Å². The summed E-state index contributed by atoms with van der Waals surface area (Å²) in [5.41, 5.74) is 12.1. The lowest BCUT2D eigenvalue weighted by atomic mass is 9.96. The minimum atomic E-state index is 0.735. The molecule has 0 saturated heterocycles. The Morgan fingerprint density at radius 2 is 1.77 bits per heavy atom. The van der Waals surface area contributed by atoms with E-state index in [-0.39, 0.29) is 0 Å². The summed E-state index contributed by atoms with van der Waals surface area (Å²) in [4.78, 5) is 3.72. The molecule has 0 aliphatic rings. The summed E-state index contributed by atoms with van der Waals surface area (Å²) in [6.07, 6.45) is 6.72. The maximum Gasteiger partial charge on any atom is 0.136 e. The van der Waals surface area contributed by atoms with Crippen LogP contribution in [0.2, 0.25) is 0 Å². The van der Waals surface area contributed by atoms with E-state index in [1.807, 2.05) is 0 Å². The molecule has 0 amide bonds. The summed E-state index contributed by atoms with van der Waals surface area (Å²) < 4.78 is 5.93. The molecule has 0 atom stereocenters. The zero-order valence-corrected chi connectivity index (χ0v) is 18.1. The van der Waals surface area contributed by atoms with Crippen LogP contribution in [-0.2, 0) is 12.8 Å². The number of hydrogen-bond donors (Lipinski definition) is 2. The summed E-state index contributed by atoms with van der Waals surface area (Å²) in [6, 6.07) is 19.7. The Balaban J connectivity index is 1.89. The van der Waals surface area contributed by atoms with Crippen LogP contribution in [-0.4, -0.2) is 18.6 Å². The summed E-state index contributed by atoms with van der Waals surface area (Å²) in [7, 11) is 1.77. The fourth-order valence-corrected chi connectivity index (χ4v) is 4.43. The van der Waals surface area contributed by atoms with E-state index in [0.717, 1.165) is 48.9 Å². The number of benzene rings is 3. The van der Waals surface area contributed by atoms with Gasteiger partial charge in [0, 0.05) is 21.9 Å². The van der Waals surface area contributed by atoms with Gasteiger partial charge < -0.3 is 15.5 Å². The molecule has 3 nitrogen and oxygen atoms in total. The van der Waals surface area contributed by atoms with Crippen molar-refractivity contribution in [2.45, 2.75) is 45.4 Å². The second-order valence-corrected chi connectivity index (χ2v) is 8.08. The van der Waals surface area contributed by atoms with Crippen molar-refractivity contribution in [3.63, 3.8) is 0 Å². The van der Waals surface area contributed by atoms with Crippen LogP contribution >= 0.6 is 0 Å². The van der Waals surface area contributed by atoms with Gasteiger partial charge in [0.2, 0.25) is 0 Å². The molecule has 0 aliphatic heterocycles. The Labute approximate surface area is 179 Å². The number of nitrogens with one attached hydrogen (secondary N) is 1. The first kappa shape index (κ1) is 20.5. The van der Waals surface area contributed by atoms with E-state index in [4.69, 9.17) is 10.5 Å². The van der Waals surface area contributed by atoms with Crippen LogP contribution in [0.4, 0.5) is 0 Å². The number of aryl methyl sites for hydroxylation is 2. The Hall–Kier alpha value is -2.78. The number of aromatic nitrogens is 1. The van der Waals surface area contributed by atoms with Gasteiger partial charge in [-0.1, -0.05) is 49.7 Å². The molecule has 0 fully saturated rings. The maximum absolute atomic E-state index is 5.93. The average molecular weight is 401 g/mol. The molecule has 3 aromatic carbocycles. The Kier molecular flexibility index (Phi) is 6.39. The second-order valence-electron chi connectivity index (χ2n) is 8.08. The fraction of sp³-hybridized carbons (Fsp3) is 0.333. The van der Waals surface area contributed by atoms with Gasteiger partial charge in [-0.3, -0.25) is 0 Å². The van der Waals surface area contributed by atoms with E-state index < -0.39 is 0 Å². The van der Waals surface area contributed by atoms with Gasteiger partial charge in [0.1, 0.15) is 5.75 Å².